The van der Waals surface area contributed by atoms with Crippen LogP contribution in [0, 0.1) is 0 Å². The molecule has 10 heteroatoms. The number of hydrogen-bond donors (Lipinski definition) is 2. The summed E-state index contributed by atoms with van der Waals surface area (Å²) in [6.45, 7) is 0. The second kappa shape index (κ2) is 9.26. The van der Waals surface area contributed by atoms with Gasteiger partial charge in [-0.15, -0.1) is 9.24 Å². The average molecular weight is 494 g/mol. The second-order valence-corrected chi connectivity index (χ2v) is 10.1. The van der Waals surface area contributed by atoms with Gasteiger partial charge in [0.05, 0.1) is 15.7 Å². The fourth-order valence-electron chi connectivity index (χ4n) is 4.00. The number of H-pyrrole nitrogens is 1. The van der Waals surface area contributed by atoms with Crippen molar-refractivity contribution in [2.45, 2.75) is 43.7 Å². The van der Waals surface area contributed by atoms with Crippen LogP contribution >= 0.6 is 32.4 Å². The first kappa shape index (κ1) is 22.8. The molecule has 0 radical (unpaired) electrons. The monoisotopic (exact) mass is 493 g/mol. The molecule has 2 N–H and O–H groups in total. The summed E-state index contributed by atoms with van der Waals surface area (Å²) in [5, 5.41) is 14.6. The molecule has 32 heavy (non-hydrogen) atoms. The molecule has 0 spiro atoms. The van der Waals surface area contributed by atoms with E-state index in [0.29, 0.717) is 5.75 Å². The maximum Gasteiger partial charge on any atom is 0.349 e. The van der Waals surface area contributed by atoms with Gasteiger partial charge >= 0.3 is 5.69 Å². The van der Waals surface area contributed by atoms with Crippen molar-refractivity contribution in [2.24, 2.45) is 0 Å². The van der Waals surface area contributed by atoms with Crippen LogP contribution in [-0.2, 0) is 6.42 Å². The van der Waals surface area contributed by atoms with Crippen molar-refractivity contribution in [1.29, 1.82) is 0 Å². The van der Waals surface area contributed by atoms with Gasteiger partial charge in [-0.3, -0.25) is 9.78 Å². The van der Waals surface area contributed by atoms with Crippen LogP contribution in [-0.4, -0.2) is 25.0 Å². The Hall–Kier alpha value is -2.34. The largest absolute Gasteiger partial charge is 0.508 e. The van der Waals surface area contributed by atoms with Crippen LogP contribution in [0.3, 0.4) is 0 Å². The summed E-state index contributed by atoms with van der Waals surface area (Å²) in [6.07, 6.45) is 7.52. The van der Waals surface area contributed by atoms with E-state index in [1.807, 2.05) is 0 Å². The summed E-state index contributed by atoms with van der Waals surface area (Å²) < 4.78 is 6.93. The standard InChI is InChI=1S/C22H22Cl2N3O4P/c23-16-9-14(27-21(30)26-19(29)12-25-27)10-17(24)20(16)31-15-4-5-18(28)13(8-15)11-22(32)6-2-1-3-7-22/h4-5,8-10,12,28H,1-3,6-7,11,32H2,(H,26,29,30). The maximum atomic E-state index is 12.0. The van der Waals surface area contributed by atoms with Gasteiger partial charge in [0.1, 0.15) is 17.7 Å². The Morgan fingerprint density at radius 1 is 1.12 bits per heavy atom. The van der Waals surface area contributed by atoms with Crippen molar-refractivity contribution in [1.82, 2.24) is 14.8 Å². The zero-order valence-electron chi connectivity index (χ0n) is 17.1. The molecule has 3 aromatic rings. The molecule has 1 saturated carbocycles. The van der Waals surface area contributed by atoms with E-state index in [4.69, 9.17) is 27.9 Å². The topological polar surface area (TPSA) is 97.2 Å². The molecule has 0 saturated heterocycles. The molecule has 1 atom stereocenters. The highest BCUT2D eigenvalue weighted by atomic mass is 35.5. The number of nitrogens with one attached hydrogen (secondary N) is 1. The van der Waals surface area contributed by atoms with Gasteiger partial charge in [0.15, 0.2) is 5.75 Å². The van der Waals surface area contributed by atoms with Gasteiger partial charge in [-0.2, -0.15) is 9.78 Å². The zero-order valence-corrected chi connectivity index (χ0v) is 19.8. The van der Waals surface area contributed by atoms with Crippen molar-refractivity contribution in [3.63, 3.8) is 0 Å². The fraction of sp³-hybridized carbons (Fsp3) is 0.318. The summed E-state index contributed by atoms with van der Waals surface area (Å²) in [6, 6.07) is 7.97. The van der Waals surface area contributed by atoms with E-state index in [9.17, 15) is 14.7 Å². The number of aromatic amines is 1. The smallest absolute Gasteiger partial charge is 0.349 e. The number of phenolic OH excluding ortho intramolecular Hbond substituents is 1. The highest BCUT2D eigenvalue weighted by Crippen LogP contribution is 2.42. The summed E-state index contributed by atoms with van der Waals surface area (Å²) in [5.74, 6) is 0.920. The molecule has 1 unspecified atom stereocenters. The van der Waals surface area contributed by atoms with Crippen molar-refractivity contribution >= 4 is 32.4 Å². The Morgan fingerprint density at radius 2 is 1.81 bits per heavy atom. The van der Waals surface area contributed by atoms with Gasteiger partial charge in [0.2, 0.25) is 0 Å². The predicted octanol–water partition coefficient (Wildman–Crippen LogP) is 4.85. The molecule has 1 fully saturated rings. The Morgan fingerprint density at radius 3 is 2.47 bits per heavy atom. The zero-order chi connectivity index (χ0) is 22.9. The molecule has 0 bridgehead atoms. The van der Waals surface area contributed by atoms with Crippen molar-refractivity contribution in [2.75, 3.05) is 0 Å². The Balaban J connectivity index is 1.61. The molecule has 4 rings (SSSR count). The summed E-state index contributed by atoms with van der Waals surface area (Å²) in [7, 11) is 2.98. The second-order valence-electron chi connectivity index (χ2n) is 8.08. The van der Waals surface area contributed by atoms with E-state index in [1.54, 1.807) is 18.2 Å². The lowest BCUT2D eigenvalue weighted by Gasteiger charge is -2.33. The van der Waals surface area contributed by atoms with Crippen LogP contribution < -0.4 is 16.0 Å². The van der Waals surface area contributed by atoms with Crippen LogP contribution in [0.15, 0.2) is 46.1 Å². The van der Waals surface area contributed by atoms with Crippen molar-refractivity contribution in [3.8, 4) is 22.9 Å². The van der Waals surface area contributed by atoms with E-state index in [1.165, 1.54) is 31.4 Å². The SMILES string of the molecule is O=c1cnn(-c2cc(Cl)c(Oc3ccc(O)c(CC4(P)CCCCC4)c3)c(Cl)c2)c(=O)[nH]1. The van der Waals surface area contributed by atoms with Gasteiger partial charge < -0.3 is 9.84 Å². The average Bonchev–Trinajstić information content (AvgIpc) is 2.73. The maximum absolute atomic E-state index is 12.0. The van der Waals surface area contributed by atoms with Crippen LogP contribution in [0.25, 0.3) is 5.69 Å². The Labute approximate surface area is 196 Å². The number of ether oxygens (including phenoxy) is 1. The molecule has 2 aromatic carbocycles. The normalized spacial score (nSPS) is 15.5. The number of aromatic hydroxyl groups is 1. The highest BCUT2D eigenvalue weighted by molar-refractivity contribution is 7.19. The quantitative estimate of drug-likeness (QED) is 0.495. The van der Waals surface area contributed by atoms with E-state index in [-0.39, 0.29) is 32.4 Å². The van der Waals surface area contributed by atoms with E-state index >= 15 is 0 Å². The lowest BCUT2D eigenvalue weighted by Crippen LogP contribution is -2.30. The van der Waals surface area contributed by atoms with E-state index in [2.05, 4.69) is 19.3 Å². The van der Waals surface area contributed by atoms with Gasteiger partial charge in [-0.05, 0) is 60.3 Å². The highest BCUT2D eigenvalue weighted by Gasteiger charge is 2.28. The van der Waals surface area contributed by atoms with Gasteiger partial charge in [0.25, 0.3) is 5.56 Å². The molecule has 168 valence electrons. The molecule has 1 aliphatic carbocycles. The van der Waals surface area contributed by atoms with Gasteiger partial charge in [-0.25, -0.2) is 4.79 Å². The van der Waals surface area contributed by atoms with E-state index in [0.717, 1.165) is 35.7 Å². The molecule has 7 nitrogen and oxygen atoms in total. The number of benzene rings is 2. The Bertz CT molecular complexity index is 1250. The molecule has 0 amide bonds. The lowest BCUT2D eigenvalue weighted by atomic mass is 9.83. The molecule has 1 aromatic heterocycles. The van der Waals surface area contributed by atoms with Gasteiger partial charge in [-0.1, -0.05) is 42.5 Å². The molecule has 1 aliphatic rings. The first-order valence-corrected chi connectivity index (χ1v) is 11.5. The van der Waals surface area contributed by atoms with Gasteiger partial charge in [0, 0.05) is 0 Å². The van der Waals surface area contributed by atoms with Crippen molar-refractivity contribution < 1.29 is 9.84 Å². The predicted molar refractivity (Wildman–Crippen MR) is 128 cm³/mol. The summed E-state index contributed by atoms with van der Waals surface area (Å²) in [4.78, 5) is 25.4. The third-order valence-corrected chi connectivity index (χ3v) is 6.95. The van der Waals surface area contributed by atoms with Crippen LogP contribution in [0.5, 0.6) is 17.2 Å². The van der Waals surface area contributed by atoms with Crippen LogP contribution in [0.2, 0.25) is 10.0 Å². The number of nitrogens with zero attached hydrogens (tertiary/aromatic N) is 2. The molecule has 1 heterocycles. The third kappa shape index (κ3) is 5.01. The minimum Gasteiger partial charge on any atom is -0.508 e. The van der Waals surface area contributed by atoms with Crippen molar-refractivity contribution in [3.05, 3.63) is 73.0 Å². The molecule has 0 aliphatic heterocycles. The number of rotatable bonds is 5. The minimum atomic E-state index is -0.712. The summed E-state index contributed by atoms with van der Waals surface area (Å²) >= 11 is 12.8. The molecular weight excluding hydrogens is 472 g/mol. The minimum absolute atomic E-state index is 0.0716. The number of phenols is 1. The number of hydrogen-bond acceptors (Lipinski definition) is 5. The van der Waals surface area contributed by atoms with Crippen LogP contribution in [0.1, 0.15) is 37.7 Å². The number of halogens is 2. The lowest BCUT2D eigenvalue weighted by molar-refractivity contribution is 0.386. The Kier molecular flexibility index (Phi) is 6.61. The van der Waals surface area contributed by atoms with E-state index < -0.39 is 11.2 Å². The first-order chi connectivity index (χ1) is 15.2. The third-order valence-electron chi connectivity index (χ3n) is 5.60. The first-order valence-electron chi connectivity index (χ1n) is 10.2. The van der Waals surface area contributed by atoms with Crippen LogP contribution in [0.4, 0.5) is 0 Å². The molecular formula is C22H22Cl2N3O4P. The number of aromatic nitrogens is 3. The fourth-order valence-corrected chi connectivity index (χ4v) is 5.18. The summed E-state index contributed by atoms with van der Waals surface area (Å²) in [5.41, 5.74) is -0.239.